The molecule has 0 spiro atoms. The van der Waals surface area contributed by atoms with Crippen molar-refractivity contribution >= 4 is 33.9 Å². The number of anilines is 3. The molecule has 0 saturated heterocycles. The third-order valence-electron chi connectivity index (χ3n) is 3.99. The smallest absolute Gasteiger partial charge is 0.274 e. The van der Waals surface area contributed by atoms with Gasteiger partial charge in [-0.3, -0.25) is 14.8 Å². The first-order valence-electron chi connectivity index (χ1n) is 8.33. The molecule has 0 saturated carbocycles. The Morgan fingerprint density at radius 3 is 2.56 bits per heavy atom. The van der Waals surface area contributed by atoms with E-state index in [4.69, 9.17) is 0 Å². The lowest BCUT2D eigenvalue weighted by Gasteiger charge is -2.10. The molecule has 0 aliphatic rings. The van der Waals surface area contributed by atoms with E-state index < -0.39 is 0 Å². The Balaban J connectivity index is 1.57. The maximum Gasteiger partial charge on any atom is 0.274 e. The molecule has 0 radical (unpaired) electrons. The number of hydrogen-bond donors (Lipinski definition) is 2. The van der Waals surface area contributed by atoms with Crippen LogP contribution in [0.4, 0.5) is 21.5 Å². The van der Waals surface area contributed by atoms with Gasteiger partial charge in [0.1, 0.15) is 11.5 Å². The molecule has 5 nitrogen and oxygen atoms in total. The van der Waals surface area contributed by atoms with Crippen molar-refractivity contribution in [2.45, 2.75) is 0 Å². The van der Waals surface area contributed by atoms with Crippen molar-refractivity contribution in [3.63, 3.8) is 0 Å². The highest BCUT2D eigenvalue weighted by Crippen LogP contribution is 2.22. The van der Waals surface area contributed by atoms with Crippen molar-refractivity contribution in [3.8, 4) is 0 Å². The standard InChI is InChI=1S/C21H15FN4O/c22-15-6-2-7-16(12-15)25-17-9-11-23-19(13-17)21(27)26-18-8-1-4-14-5-3-10-24-20(14)18/h1-13H,(H,23,25)(H,26,27). The lowest BCUT2D eigenvalue weighted by atomic mass is 10.2. The van der Waals surface area contributed by atoms with Gasteiger partial charge in [-0.25, -0.2) is 4.39 Å². The summed E-state index contributed by atoms with van der Waals surface area (Å²) >= 11 is 0. The summed E-state index contributed by atoms with van der Waals surface area (Å²) in [5, 5.41) is 6.85. The number of aromatic nitrogens is 2. The topological polar surface area (TPSA) is 66.9 Å². The van der Waals surface area contributed by atoms with Crippen LogP contribution in [0.2, 0.25) is 0 Å². The van der Waals surface area contributed by atoms with E-state index in [9.17, 15) is 9.18 Å². The highest BCUT2D eigenvalue weighted by Gasteiger charge is 2.11. The molecule has 1 amide bonds. The Hall–Kier alpha value is -3.80. The maximum absolute atomic E-state index is 13.3. The molecule has 27 heavy (non-hydrogen) atoms. The molecule has 0 aliphatic carbocycles. The van der Waals surface area contributed by atoms with Crippen LogP contribution in [-0.4, -0.2) is 15.9 Å². The van der Waals surface area contributed by atoms with Crippen molar-refractivity contribution in [1.29, 1.82) is 0 Å². The molecule has 0 atom stereocenters. The summed E-state index contributed by atoms with van der Waals surface area (Å²) in [4.78, 5) is 21.1. The molecule has 2 aromatic carbocycles. The van der Waals surface area contributed by atoms with Crippen LogP contribution in [-0.2, 0) is 0 Å². The fraction of sp³-hybridized carbons (Fsp3) is 0. The number of fused-ring (bicyclic) bond motifs is 1. The average molecular weight is 358 g/mol. The minimum absolute atomic E-state index is 0.240. The third-order valence-corrected chi connectivity index (χ3v) is 3.99. The lowest BCUT2D eigenvalue weighted by Crippen LogP contribution is -2.14. The monoisotopic (exact) mass is 358 g/mol. The van der Waals surface area contributed by atoms with Crippen LogP contribution in [0.15, 0.2) is 79.1 Å². The van der Waals surface area contributed by atoms with Crippen LogP contribution in [0.3, 0.4) is 0 Å². The van der Waals surface area contributed by atoms with E-state index in [1.54, 1.807) is 36.5 Å². The van der Waals surface area contributed by atoms with Crippen molar-refractivity contribution in [3.05, 3.63) is 90.6 Å². The number of halogens is 1. The summed E-state index contributed by atoms with van der Waals surface area (Å²) in [6, 6.07) is 18.8. The van der Waals surface area contributed by atoms with Crippen molar-refractivity contribution in [2.75, 3.05) is 10.6 Å². The molecular weight excluding hydrogens is 343 g/mol. The van der Waals surface area contributed by atoms with E-state index in [0.29, 0.717) is 22.6 Å². The zero-order valence-electron chi connectivity index (χ0n) is 14.2. The van der Waals surface area contributed by atoms with E-state index in [0.717, 1.165) is 5.39 Å². The Bertz CT molecular complexity index is 1120. The number of rotatable bonds is 4. The van der Waals surface area contributed by atoms with Crippen molar-refractivity contribution < 1.29 is 9.18 Å². The number of nitrogens with one attached hydrogen (secondary N) is 2. The van der Waals surface area contributed by atoms with Gasteiger partial charge in [-0.15, -0.1) is 0 Å². The number of benzene rings is 2. The molecule has 0 bridgehead atoms. The molecule has 132 valence electrons. The summed E-state index contributed by atoms with van der Waals surface area (Å²) in [5.41, 5.74) is 2.79. The summed E-state index contributed by atoms with van der Waals surface area (Å²) < 4.78 is 13.3. The van der Waals surface area contributed by atoms with Gasteiger partial charge in [0.2, 0.25) is 0 Å². The minimum atomic E-state index is -0.351. The number of amides is 1. The van der Waals surface area contributed by atoms with Gasteiger partial charge < -0.3 is 10.6 Å². The van der Waals surface area contributed by atoms with E-state index in [2.05, 4.69) is 20.6 Å². The molecule has 4 rings (SSSR count). The molecule has 0 fully saturated rings. The Labute approximate surface area is 154 Å². The first-order valence-corrected chi connectivity index (χ1v) is 8.33. The molecular formula is C21H15FN4O. The molecule has 4 aromatic rings. The SMILES string of the molecule is O=C(Nc1cccc2cccnc12)c1cc(Nc2cccc(F)c2)ccn1. The van der Waals surface area contributed by atoms with Gasteiger partial charge in [0, 0.05) is 29.2 Å². The maximum atomic E-state index is 13.3. The number of hydrogen-bond acceptors (Lipinski definition) is 4. The molecule has 6 heteroatoms. The number of para-hydroxylation sites is 1. The number of carbonyl (C=O) groups excluding carboxylic acids is 1. The number of carbonyl (C=O) groups is 1. The number of nitrogens with zero attached hydrogens (tertiary/aromatic N) is 2. The minimum Gasteiger partial charge on any atom is -0.355 e. The lowest BCUT2D eigenvalue weighted by molar-refractivity contribution is 0.102. The summed E-state index contributed by atoms with van der Waals surface area (Å²) in [7, 11) is 0. The average Bonchev–Trinajstić information content (AvgIpc) is 2.68. The Kier molecular flexibility index (Phi) is 4.45. The first-order chi connectivity index (χ1) is 13.2. The predicted octanol–water partition coefficient (Wildman–Crippen LogP) is 4.76. The highest BCUT2D eigenvalue weighted by atomic mass is 19.1. The Morgan fingerprint density at radius 1 is 0.852 bits per heavy atom. The first kappa shape index (κ1) is 16.7. The molecule has 2 N–H and O–H groups in total. The third kappa shape index (κ3) is 3.74. The fourth-order valence-corrected chi connectivity index (χ4v) is 2.76. The van der Waals surface area contributed by atoms with Crippen LogP contribution in [0, 0.1) is 5.82 Å². The van der Waals surface area contributed by atoms with Gasteiger partial charge in [0.05, 0.1) is 11.2 Å². The van der Waals surface area contributed by atoms with Gasteiger partial charge >= 0.3 is 0 Å². The second-order valence-corrected chi connectivity index (χ2v) is 5.90. The quantitative estimate of drug-likeness (QED) is 0.552. The van der Waals surface area contributed by atoms with E-state index >= 15 is 0 Å². The second-order valence-electron chi connectivity index (χ2n) is 5.90. The van der Waals surface area contributed by atoms with Crippen molar-refractivity contribution in [1.82, 2.24) is 9.97 Å². The predicted molar refractivity (Wildman–Crippen MR) is 104 cm³/mol. The van der Waals surface area contributed by atoms with Crippen LogP contribution < -0.4 is 10.6 Å². The van der Waals surface area contributed by atoms with Gasteiger partial charge in [0.15, 0.2) is 0 Å². The largest absolute Gasteiger partial charge is 0.355 e. The summed E-state index contributed by atoms with van der Waals surface area (Å²) in [5.74, 6) is -0.688. The number of pyridine rings is 2. The normalized spacial score (nSPS) is 10.6. The van der Waals surface area contributed by atoms with Crippen LogP contribution in [0.5, 0.6) is 0 Å². The van der Waals surface area contributed by atoms with Gasteiger partial charge in [-0.1, -0.05) is 24.3 Å². The van der Waals surface area contributed by atoms with Crippen LogP contribution in [0.1, 0.15) is 10.5 Å². The molecule has 0 aliphatic heterocycles. The van der Waals surface area contributed by atoms with E-state index in [-0.39, 0.29) is 17.4 Å². The van der Waals surface area contributed by atoms with E-state index in [1.807, 2.05) is 24.3 Å². The van der Waals surface area contributed by atoms with Crippen LogP contribution in [0.25, 0.3) is 10.9 Å². The molecule has 2 aromatic heterocycles. The second kappa shape index (κ2) is 7.21. The Morgan fingerprint density at radius 2 is 1.67 bits per heavy atom. The zero-order chi connectivity index (χ0) is 18.6. The summed E-state index contributed by atoms with van der Waals surface area (Å²) in [6.45, 7) is 0. The van der Waals surface area contributed by atoms with Gasteiger partial charge in [-0.2, -0.15) is 0 Å². The zero-order valence-corrected chi connectivity index (χ0v) is 14.2. The fourth-order valence-electron chi connectivity index (χ4n) is 2.76. The van der Waals surface area contributed by atoms with E-state index in [1.165, 1.54) is 18.3 Å². The summed E-state index contributed by atoms with van der Waals surface area (Å²) in [6.07, 6.45) is 3.21. The van der Waals surface area contributed by atoms with Gasteiger partial charge in [-0.05, 0) is 42.5 Å². The highest BCUT2D eigenvalue weighted by molar-refractivity contribution is 6.07. The van der Waals surface area contributed by atoms with Crippen LogP contribution >= 0.6 is 0 Å². The van der Waals surface area contributed by atoms with Gasteiger partial charge in [0.25, 0.3) is 5.91 Å². The van der Waals surface area contributed by atoms with Crippen molar-refractivity contribution in [2.24, 2.45) is 0 Å². The molecule has 0 unspecified atom stereocenters. The molecule has 2 heterocycles.